The number of nitrogen functional groups attached to an aromatic ring is 2. The van der Waals surface area contributed by atoms with Crippen molar-refractivity contribution in [1.29, 1.82) is 0 Å². The Bertz CT molecular complexity index is 1430. The topological polar surface area (TPSA) is 136 Å². The van der Waals surface area contributed by atoms with Gasteiger partial charge in [-0.2, -0.15) is 0 Å². The Kier molecular flexibility index (Phi) is 4.36. The molecule has 3 heterocycles. The third kappa shape index (κ3) is 2.92. The van der Waals surface area contributed by atoms with Crippen molar-refractivity contribution in [3.8, 4) is 0 Å². The molecule has 170 valence electrons. The van der Waals surface area contributed by atoms with Crippen molar-refractivity contribution in [3.05, 3.63) is 53.2 Å². The van der Waals surface area contributed by atoms with Gasteiger partial charge in [-0.3, -0.25) is 0 Å². The average Bonchev–Trinajstić information content (AvgIpc) is 3.27. The summed E-state index contributed by atoms with van der Waals surface area (Å²) in [5.41, 5.74) is 13.0. The maximum absolute atomic E-state index is 14.8. The predicted molar refractivity (Wildman–Crippen MR) is 123 cm³/mol. The van der Waals surface area contributed by atoms with Crippen molar-refractivity contribution in [2.45, 2.75) is 37.5 Å². The molecule has 6 rings (SSSR count). The summed E-state index contributed by atoms with van der Waals surface area (Å²) in [6.45, 7) is 0. The predicted octanol–water partition coefficient (Wildman–Crippen LogP) is 2.85. The maximum atomic E-state index is 14.8. The first kappa shape index (κ1) is 20.6. The standard InChI is InChI=1S/C23H22ClFN6O2/c24-14-5-11-6-15(25)10(7-16(11)30-21(14)27)1-3-23-8-13(23)17(18(32)19(23)33)31-4-2-12-20(26)28-9-29-22(12)31/h2,4-7,9,13,17-19,32-33H,1,3,8H2,(H2,27,30)(H2,26,28,29)/t13-,17-,18+,19+,23-/m1/s1. The van der Waals surface area contributed by atoms with E-state index in [1.807, 2.05) is 16.8 Å². The van der Waals surface area contributed by atoms with Crippen molar-refractivity contribution < 1.29 is 14.6 Å². The Morgan fingerprint density at radius 2 is 2.00 bits per heavy atom. The van der Waals surface area contributed by atoms with Crippen LogP contribution in [0.2, 0.25) is 5.02 Å². The Morgan fingerprint density at radius 3 is 2.82 bits per heavy atom. The Labute approximate surface area is 193 Å². The van der Waals surface area contributed by atoms with Crippen LogP contribution < -0.4 is 11.5 Å². The highest BCUT2D eigenvalue weighted by atomic mass is 35.5. The molecular weight excluding hydrogens is 447 g/mol. The molecule has 0 amide bonds. The normalized spacial score (nSPS) is 28.5. The molecule has 1 aromatic carbocycles. The van der Waals surface area contributed by atoms with Gasteiger partial charge in [-0.25, -0.2) is 19.3 Å². The van der Waals surface area contributed by atoms with E-state index in [0.29, 0.717) is 46.2 Å². The van der Waals surface area contributed by atoms with Crippen LogP contribution >= 0.6 is 11.6 Å². The molecule has 6 N–H and O–H groups in total. The van der Waals surface area contributed by atoms with Gasteiger partial charge in [-0.1, -0.05) is 11.6 Å². The van der Waals surface area contributed by atoms with Gasteiger partial charge in [0.25, 0.3) is 0 Å². The number of hydrogen-bond donors (Lipinski definition) is 4. The smallest absolute Gasteiger partial charge is 0.145 e. The van der Waals surface area contributed by atoms with Gasteiger partial charge in [0.15, 0.2) is 0 Å². The summed E-state index contributed by atoms with van der Waals surface area (Å²) in [4.78, 5) is 12.6. The summed E-state index contributed by atoms with van der Waals surface area (Å²) in [5.74, 6) is 0.261. The van der Waals surface area contributed by atoms with E-state index in [0.717, 1.165) is 6.42 Å². The molecule has 0 bridgehead atoms. The van der Waals surface area contributed by atoms with Crippen LogP contribution in [0, 0.1) is 17.2 Å². The van der Waals surface area contributed by atoms with Crippen LogP contribution in [-0.2, 0) is 6.42 Å². The lowest BCUT2D eigenvalue weighted by atomic mass is 9.91. The number of benzene rings is 1. The molecule has 33 heavy (non-hydrogen) atoms. The van der Waals surface area contributed by atoms with Gasteiger partial charge < -0.3 is 26.2 Å². The van der Waals surface area contributed by atoms with E-state index in [4.69, 9.17) is 23.1 Å². The highest BCUT2D eigenvalue weighted by Crippen LogP contribution is 2.69. The van der Waals surface area contributed by atoms with Gasteiger partial charge >= 0.3 is 0 Å². The number of aliphatic hydroxyl groups excluding tert-OH is 2. The van der Waals surface area contributed by atoms with Crippen LogP contribution in [0.4, 0.5) is 16.0 Å². The summed E-state index contributed by atoms with van der Waals surface area (Å²) in [6.07, 6.45) is 3.03. The third-order valence-electron chi connectivity index (χ3n) is 7.54. The lowest BCUT2D eigenvalue weighted by molar-refractivity contribution is -0.0192. The number of rotatable bonds is 4. The zero-order valence-electron chi connectivity index (χ0n) is 17.5. The lowest BCUT2D eigenvalue weighted by Crippen LogP contribution is -2.34. The summed E-state index contributed by atoms with van der Waals surface area (Å²) in [6, 6.07) is 6.17. The quantitative estimate of drug-likeness (QED) is 0.361. The van der Waals surface area contributed by atoms with Crippen LogP contribution in [0.25, 0.3) is 21.9 Å². The third-order valence-corrected chi connectivity index (χ3v) is 7.84. The van der Waals surface area contributed by atoms with Crippen LogP contribution in [-0.4, -0.2) is 41.9 Å². The molecule has 0 unspecified atom stereocenters. The number of aliphatic hydroxyl groups is 2. The van der Waals surface area contributed by atoms with E-state index in [1.165, 1.54) is 12.4 Å². The second kappa shape index (κ2) is 6.99. The molecule has 4 aromatic rings. The fourth-order valence-electron chi connectivity index (χ4n) is 5.73. The highest BCUT2D eigenvalue weighted by molar-refractivity contribution is 6.33. The Hall–Kier alpha value is -3.01. The molecule has 3 aromatic heterocycles. The average molecular weight is 469 g/mol. The van der Waals surface area contributed by atoms with Gasteiger partial charge in [-0.15, -0.1) is 0 Å². The minimum absolute atomic E-state index is 0.0467. The van der Waals surface area contributed by atoms with Gasteiger partial charge in [-0.05, 0) is 55.0 Å². The van der Waals surface area contributed by atoms with Crippen molar-refractivity contribution in [2.24, 2.45) is 11.3 Å². The van der Waals surface area contributed by atoms with E-state index in [1.54, 1.807) is 12.1 Å². The van der Waals surface area contributed by atoms with E-state index < -0.39 is 17.6 Å². The molecule has 10 heteroatoms. The number of hydrogen-bond acceptors (Lipinski definition) is 7. The monoisotopic (exact) mass is 468 g/mol. The van der Waals surface area contributed by atoms with Crippen LogP contribution in [0.5, 0.6) is 0 Å². The van der Waals surface area contributed by atoms with Crippen molar-refractivity contribution in [3.63, 3.8) is 0 Å². The summed E-state index contributed by atoms with van der Waals surface area (Å²) in [5, 5.41) is 23.5. The second-order valence-electron chi connectivity index (χ2n) is 9.18. The first-order valence-electron chi connectivity index (χ1n) is 10.8. The molecular formula is C23H22ClFN6O2. The molecule has 0 spiro atoms. The first-order valence-corrected chi connectivity index (χ1v) is 11.2. The van der Waals surface area contributed by atoms with Crippen molar-refractivity contribution >= 4 is 45.2 Å². The molecule has 2 aliphatic carbocycles. The van der Waals surface area contributed by atoms with E-state index in [9.17, 15) is 14.6 Å². The minimum atomic E-state index is -0.958. The van der Waals surface area contributed by atoms with E-state index >= 15 is 0 Å². The maximum Gasteiger partial charge on any atom is 0.145 e. The first-order chi connectivity index (χ1) is 15.8. The number of aromatic nitrogens is 4. The fraction of sp³-hybridized carbons (Fsp3) is 0.348. The molecule has 0 aliphatic heterocycles. The summed E-state index contributed by atoms with van der Waals surface area (Å²) >= 11 is 6.00. The van der Waals surface area contributed by atoms with Crippen LogP contribution in [0.1, 0.15) is 24.4 Å². The molecule has 5 atom stereocenters. The Balaban J connectivity index is 1.29. The molecule has 0 radical (unpaired) electrons. The van der Waals surface area contributed by atoms with Gasteiger partial charge in [0.2, 0.25) is 0 Å². The van der Waals surface area contributed by atoms with Gasteiger partial charge in [0, 0.05) is 17.0 Å². The van der Waals surface area contributed by atoms with Crippen molar-refractivity contribution in [2.75, 3.05) is 11.5 Å². The van der Waals surface area contributed by atoms with E-state index in [2.05, 4.69) is 15.0 Å². The molecule has 2 fully saturated rings. The van der Waals surface area contributed by atoms with Crippen LogP contribution in [0.3, 0.4) is 0 Å². The number of nitrogens with two attached hydrogens (primary N) is 2. The number of nitrogens with zero attached hydrogens (tertiary/aromatic N) is 4. The molecule has 8 nitrogen and oxygen atoms in total. The fourth-order valence-corrected chi connectivity index (χ4v) is 5.89. The number of halogens is 2. The number of pyridine rings is 1. The number of fused-ring (bicyclic) bond motifs is 3. The molecule has 0 saturated heterocycles. The van der Waals surface area contributed by atoms with E-state index in [-0.39, 0.29) is 28.6 Å². The number of anilines is 2. The molecule has 2 saturated carbocycles. The zero-order chi connectivity index (χ0) is 23.1. The largest absolute Gasteiger partial charge is 0.390 e. The van der Waals surface area contributed by atoms with Crippen LogP contribution in [0.15, 0.2) is 36.8 Å². The Morgan fingerprint density at radius 1 is 1.18 bits per heavy atom. The van der Waals surface area contributed by atoms with Crippen molar-refractivity contribution in [1.82, 2.24) is 19.5 Å². The SMILES string of the molecule is Nc1nc2cc(CC[C@@]34C[C@@H]3[C@@H](n3ccc5c(N)ncnc53)[C@H](O)[C@@H]4O)c(F)cc2cc1Cl. The number of aryl methyl sites for hydroxylation is 1. The zero-order valence-corrected chi connectivity index (χ0v) is 18.2. The summed E-state index contributed by atoms with van der Waals surface area (Å²) in [7, 11) is 0. The molecule has 2 aliphatic rings. The second-order valence-corrected chi connectivity index (χ2v) is 9.59. The summed E-state index contributed by atoms with van der Waals surface area (Å²) < 4.78 is 16.7. The van der Waals surface area contributed by atoms with Gasteiger partial charge in [0.05, 0.1) is 28.1 Å². The minimum Gasteiger partial charge on any atom is -0.390 e. The highest BCUT2D eigenvalue weighted by Gasteiger charge is 2.70. The lowest BCUT2D eigenvalue weighted by Gasteiger charge is -2.24. The van der Waals surface area contributed by atoms with Gasteiger partial charge in [0.1, 0.15) is 35.5 Å².